The zero-order valence-corrected chi connectivity index (χ0v) is 21.4. The Hall–Kier alpha value is -4.08. The summed E-state index contributed by atoms with van der Waals surface area (Å²) in [5, 5.41) is 9.85. The van der Waals surface area contributed by atoms with Crippen molar-refractivity contribution in [2.24, 2.45) is 0 Å². The maximum atomic E-state index is 13.6. The molecule has 4 aromatic rings. The number of aromatic carboxylic acids is 1. The zero-order valence-electron chi connectivity index (χ0n) is 20.6. The monoisotopic (exact) mass is 536 g/mol. The Morgan fingerprint density at radius 1 is 0.868 bits per heavy atom. The number of anilines is 1. The van der Waals surface area contributed by atoms with Crippen LogP contribution in [0.3, 0.4) is 0 Å². The number of carboxylic acid groups (broad SMARTS) is 1. The lowest BCUT2D eigenvalue weighted by Gasteiger charge is -2.29. The third kappa shape index (κ3) is 6.81. The van der Waals surface area contributed by atoms with Crippen molar-refractivity contribution in [3.05, 3.63) is 125 Å². The molecule has 0 saturated carbocycles. The predicted molar refractivity (Wildman–Crippen MR) is 142 cm³/mol. The second-order valence-electron chi connectivity index (χ2n) is 8.48. The fourth-order valence-electron chi connectivity index (χ4n) is 3.92. The molecule has 0 radical (unpaired) electrons. The van der Waals surface area contributed by atoms with Gasteiger partial charge >= 0.3 is 5.97 Å². The Balaban J connectivity index is 1.85. The second kappa shape index (κ2) is 12.4. The van der Waals surface area contributed by atoms with E-state index in [2.05, 4.69) is 4.72 Å². The van der Waals surface area contributed by atoms with E-state index in [1.54, 1.807) is 24.3 Å². The minimum atomic E-state index is -1.78. The standard InChI is InChI=1S/C29H26F2N2O4S/c1-32-38(36)27-16-23(29(34)35)15-26(28(27)37-19-22-5-3-2-4-6-22)33(17-20-7-11-24(30)12-8-20)18-21-9-13-25(31)14-10-21/h2-16,32H,17-19H2,1H3,(H,34,35). The van der Waals surface area contributed by atoms with Gasteiger partial charge < -0.3 is 14.7 Å². The highest BCUT2D eigenvalue weighted by atomic mass is 32.2. The molecular weight excluding hydrogens is 510 g/mol. The Labute approximate surface area is 222 Å². The lowest BCUT2D eigenvalue weighted by atomic mass is 10.1. The van der Waals surface area contributed by atoms with Crippen LogP contribution in [0.15, 0.2) is 95.9 Å². The van der Waals surface area contributed by atoms with Crippen LogP contribution in [-0.4, -0.2) is 22.3 Å². The van der Waals surface area contributed by atoms with Crippen molar-refractivity contribution in [2.75, 3.05) is 11.9 Å². The van der Waals surface area contributed by atoms with Gasteiger partial charge in [-0.1, -0.05) is 54.6 Å². The molecule has 9 heteroatoms. The topological polar surface area (TPSA) is 78.9 Å². The van der Waals surface area contributed by atoms with Gasteiger partial charge in [0.2, 0.25) is 0 Å². The number of ether oxygens (including phenoxy) is 1. The predicted octanol–water partition coefficient (Wildman–Crippen LogP) is 5.69. The number of carboxylic acids is 1. The molecule has 6 nitrogen and oxygen atoms in total. The minimum absolute atomic E-state index is 0.0751. The van der Waals surface area contributed by atoms with Crippen LogP contribution in [0, 0.1) is 11.6 Å². The summed E-state index contributed by atoms with van der Waals surface area (Å²) >= 11 is 0. The van der Waals surface area contributed by atoms with Crippen molar-refractivity contribution in [3.63, 3.8) is 0 Å². The lowest BCUT2D eigenvalue weighted by molar-refractivity contribution is 0.0696. The number of carbonyl (C=O) groups is 1. The number of hydrogen-bond acceptors (Lipinski definition) is 4. The molecule has 0 saturated heterocycles. The van der Waals surface area contributed by atoms with Gasteiger partial charge in [-0.2, -0.15) is 0 Å². The maximum Gasteiger partial charge on any atom is 0.335 e. The van der Waals surface area contributed by atoms with Gasteiger partial charge in [0.25, 0.3) is 0 Å². The molecule has 0 bridgehead atoms. The first-order valence-corrected chi connectivity index (χ1v) is 12.9. The number of nitrogens with zero attached hydrogens (tertiary/aromatic N) is 1. The molecule has 1 unspecified atom stereocenters. The van der Waals surface area contributed by atoms with Crippen LogP contribution >= 0.6 is 0 Å². The van der Waals surface area contributed by atoms with Gasteiger partial charge in [-0.3, -0.25) is 0 Å². The van der Waals surface area contributed by atoms with Crippen LogP contribution in [0.4, 0.5) is 14.5 Å². The van der Waals surface area contributed by atoms with Crippen LogP contribution in [0.25, 0.3) is 0 Å². The number of halogens is 2. The van der Waals surface area contributed by atoms with Gasteiger partial charge in [-0.15, -0.1) is 0 Å². The summed E-state index contributed by atoms with van der Waals surface area (Å²) in [4.78, 5) is 14.1. The van der Waals surface area contributed by atoms with E-state index < -0.39 is 17.0 Å². The summed E-state index contributed by atoms with van der Waals surface area (Å²) in [6.45, 7) is 0.636. The summed E-state index contributed by atoms with van der Waals surface area (Å²) in [7, 11) is -0.278. The van der Waals surface area contributed by atoms with Crippen molar-refractivity contribution in [1.29, 1.82) is 0 Å². The van der Waals surface area contributed by atoms with Crippen LogP contribution in [0.5, 0.6) is 5.75 Å². The third-order valence-corrected chi connectivity index (χ3v) is 6.88. The molecule has 0 spiro atoms. The van der Waals surface area contributed by atoms with E-state index in [0.717, 1.165) is 16.7 Å². The minimum Gasteiger partial charge on any atom is -0.485 e. The van der Waals surface area contributed by atoms with E-state index in [0.29, 0.717) is 5.69 Å². The van der Waals surface area contributed by atoms with Gasteiger partial charge in [0.15, 0.2) is 5.75 Å². The quantitative estimate of drug-likeness (QED) is 0.258. The fraction of sp³-hybridized carbons (Fsp3) is 0.138. The van der Waals surface area contributed by atoms with Crippen molar-refractivity contribution in [3.8, 4) is 5.75 Å². The summed E-state index contributed by atoms with van der Waals surface area (Å²) in [6.07, 6.45) is 0. The largest absolute Gasteiger partial charge is 0.485 e. The molecule has 0 amide bonds. The van der Waals surface area contributed by atoms with Crippen molar-refractivity contribution < 1.29 is 27.6 Å². The van der Waals surface area contributed by atoms with E-state index in [9.17, 15) is 22.9 Å². The van der Waals surface area contributed by atoms with Gasteiger partial charge in [0.05, 0.1) is 16.1 Å². The van der Waals surface area contributed by atoms with Gasteiger partial charge in [-0.05, 0) is 60.1 Å². The van der Waals surface area contributed by atoms with Crippen LogP contribution in [0.2, 0.25) is 0 Å². The van der Waals surface area contributed by atoms with Gasteiger partial charge in [-0.25, -0.2) is 22.5 Å². The average Bonchev–Trinajstić information content (AvgIpc) is 2.93. The number of nitrogens with one attached hydrogen (secondary N) is 1. The number of benzene rings is 4. The highest BCUT2D eigenvalue weighted by Crippen LogP contribution is 2.38. The van der Waals surface area contributed by atoms with Gasteiger partial charge in [0, 0.05) is 13.1 Å². The molecular formula is C29H26F2N2O4S. The highest BCUT2D eigenvalue weighted by molar-refractivity contribution is 7.83. The molecule has 196 valence electrons. The number of hydrogen-bond donors (Lipinski definition) is 2. The molecule has 0 aromatic heterocycles. The van der Waals surface area contributed by atoms with Crippen LogP contribution in [0.1, 0.15) is 27.0 Å². The Morgan fingerprint density at radius 3 is 1.92 bits per heavy atom. The SMILES string of the molecule is CNS(=O)c1cc(C(=O)O)cc(N(Cc2ccc(F)cc2)Cc2ccc(F)cc2)c1OCc1ccccc1. The average molecular weight is 537 g/mol. The molecule has 0 fully saturated rings. The Morgan fingerprint density at radius 2 is 1.42 bits per heavy atom. The van der Waals surface area contributed by atoms with Crippen molar-refractivity contribution >= 4 is 22.6 Å². The summed E-state index contributed by atoms with van der Waals surface area (Å²) < 4.78 is 49.1. The zero-order chi connectivity index (χ0) is 27.1. The van der Waals surface area contributed by atoms with E-state index in [1.165, 1.54) is 43.4 Å². The molecule has 0 aliphatic heterocycles. The lowest BCUT2D eigenvalue weighted by Crippen LogP contribution is -2.24. The third-order valence-electron chi connectivity index (χ3n) is 5.81. The van der Waals surface area contributed by atoms with Gasteiger partial charge in [0.1, 0.15) is 29.2 Å². The summed E-state index contributed by atoms with van der Waals surface area (Å²) in [6, 6.07) is 24.1. The van der Waals surface area contributed by atoms with Crippen LogP contribution < -0.4 is 14.4 Å². The molecule has 4 aromatic carbocycles. The fourth-order valence-corrected chi connectivity index (χ4v) is 4.70. The van der Waals surface area contributed by atoms with Crippen LogP contribution in [-0.2, 0) is 30.7 Å². The molecule has 0 aliphatic rings. The highest BCUT2D eigenvalue weighted by Gasteiger charge is 2.24. The first-order chi connectivity index (χ1) is 18.3. The normalized spacial score (nSPS) is 11.7. The number of rotatable bonds is 11. The van der Waals surface area contributed by atoms with E-state index >= 15 is 0 Å². The molecule has 0 aliphatic carbocycles. The maximum absolute atomic E-state index is 13.6. The molecule has 1 atom stereocenters. The summed E-state index contributed by atoms with van der Waals surface area (Å²) in [5.41, 5.74) is 2.67. The Bertz CT molecular complexity index is 1370. The van der Waals surface area contributed by atoms with E-state index in [1.807, 2.05) is 35.2 Å². The molecule has 2 N–H and O–H groups in total. The molecule has 0 heterocycles. The first-order valence-electron chi connectivity index (χ1n) is 11.7. The molecule has 4 rings (SSSR count). The smallest absolute Gasteiger partial charge is 0.335 e. The Kier molecular flexibility index (Phi) is 8.83. The van der Waals surface area contributed by atoms with E-state index in [4.69, 9.17) is 4.74 Å². The molecule has 38 heavy (non-hydrogen) atoms. The van der Waals surface area contributed by atoms with Crippen molar-refractivity contribution in [1.82, 2.24) is 4.72 Å². The van der Waals surface area contributed by atoms with E-state index in [-0.39, 0.29) is 47.5 Å². The van der Waals surface area contributed by atoms with Crippen molar-refractivity contribution in [2.45, 2.75) is 24.6 Å². The second-order valence-corrected chi connectivity index (χ2v) is 9.87. The first kappa shape index (κ1) is 27.0. The summed E-state index contributed by atoms with van der Waals surface area (Å²) in [5.74, 6) is -1.72.